The molecular weight excluding hydrogens is 242 g/mol. The summed E-state index contributed by atoms with van der Waals surface area (Å²) >= 11 is 0. The van der Waals surface area contributed by atoms with Gasteiger partial charge in [-0.25, -0.2) is 4.79 Å². The summed E-state index contributed by atoms with van der Waals surface area (Å²) in [6, 6.07) is 9.38. The first-order valence-corrected chi connectivity index (χ1v) is 6.10. The average molecular weight is 261 g/mol. The maximum Gasteiger partial charge on any atom is 0.407 e. The van der Waals surface area contributed by atoms with E-state index >= 15 is 0 Å². The van der Waals surface area contributed by atoms with E-state index in [1.807, 2.05) is 30.3 Å². The van der Waals surface area contributed by atoms with Crippen molar-refractivity contribution in [2.24, 2.45) is 0 Å². The Labute approximate surface area is 113 Å². The maximum absolute atomic E-state index is 11.7. The van der Waals surface area contributed by atoms with Crippen LogP contribution in [0.1, 0.15) is 18.9 Å². The first-order chi connectivity index (χ1) is 9.02. The third kappa shape index (κ3) is 5.38. The fourth-order valence-corrected chi connectivity index (χ4v) is 1.70. The van der Waals surface area contributed by atoms with Crippen LogP contribution in [-0.4, -0.2) is 25.0 Å². The van der Waals surface area contributed by atoms with Gasteiger partial charge < -0.3 is 10.1 Å². The van der Waals surface area contributed by atoms with Crippen LogP contribution in [0.2, 0.25) is 0 Å². The normalized spacial score (nSPS) is 11.5. The van der Waals surface area contributed by atoms with Crippen molar-refractivity contribution in [3.8, 4) is 0 Å². The molecule has 1 amide bonds. The van der Waals surface area contributed by atoms with Gasteiger partial charge in [0.25, 0.3) is 0 Å². The highest BCUT2D eigenvalue weighted by atomic mass is 16.5. The molecule has 102 valence electrons. The molecule has 1 aromatic rings. The molecule has 0 fully saturated rings. The summed E-state index contributed by atoms with van der Waals surface area (Å²) < 4.78 is 4.58. The molecule has 0 saturated heterocycles. The monoisotopic (exact) mass is 261 g/mol. The van der Waals surface area contributed by atoms with Crippen LogP contribution in [0.25, 0.3) is 0 Å². The Morgan fingerprint density at radius 2 is 1.95 bits per heavy atom. The lowest BCUT2D eigenvalue weighted by molar-refractivity contribution is -0.115. The van der Waals surface area contributed by atoms with Crippen LogP contribution in [0.5, 0.6) is 0 Å². The molecule has 1 N–H and O–H groups in total. The average Bonchev–Trinajstić information content (AvgIpc) is 2.39. The Balaban J connectivity index is 2.71. The lowest BCUT2D eigenvalue weighted by atomic mass is 9.99. The Morgan fingerprint density at radius 1 is 1.32 bits per heavy atom. The highest BCUT2D eigenvalue weighted by Gasteiger charge is 2.17. The van der Waals surface area contributed by atoms with Crippen molar-refractivity contribution in [1.82, 2.24) is 5.32 Å². The molecule has 1 atom stereocenters. The number of methoxy groups -OCH3 is 1. The third-order valence-electron chi connectivity index (χ3n) is 2.74. The predicted molar refractivity (Wildman–Crippen MR) is 73.9 cm³/mol. The van der Waals surface area contributed by atoms with Gasteiger partial charge in [-0.15, -0.1) is 0 Å². The summed E-state index contributed by atoms with van der Waals surface area (Å²) in [6.45, 7) is 5.29. The Bertz CT molecular complexity index is 454. The number of ketones is 1. The van der Waals surface area contributed by atoms with E-state index in [0.717, 1.165) is 5.56 Å². The summed E-state index contributed by atoms with van der Waals surface area (Å²) in [5.74, 6) is -0.0580. The number of carbonyl (C=O) groups excluding carboxylic acids is 2. The molecule has 0 spiro atoms. The van der Waals surface area contributed by atoms with E-state index in [1.165, 1.54) is 7.11 Å². The molecule has 0 aliphatic heterocycles. The summed E-state index contributed by atoms with van der Waals surface area (Å²) in [4.78, 5) is 23.0. The van der Waals surface area contributed by atoms with Gasteiger partial charge >= 0.3 is 6.09 Å². The van der Waals surface area contributed by atoms with Crippen molar-refractivity contribution in [2.45, 2.75) is 25.8 Å². The zero-order valence-electron chi connectivity index (χ0n) is 11.3. The van der Waals surface area contributed by atoms with Crippen molar-refractivity contribution < 1.29 is 14.3 Å². The lowest BCUT2D eigenvalue weighted by Gasteiger charge is -2.17. The van der Waals surface area contributed by atoms with Crippen molar-refractivity contribution in [2.75, 3.05) is 7.11 Å². The van der Waals surface area contributed by atoms with Crippen LogP contribution in [0.4, 0.5) is 4.79 Å². The minimum absolute atomic E-state index is 0.0580. The van der Waals surface area contributed by atoms with Crippen LogP contribution in [0.15, 0.2) is 42.5 Å². The zero-order chi connectivity index (χ0) is 14.3. The molecular formula is C15H19NO3. The van der Waals surface area contributed by atoms with Gasteiger partial charge in [0.05, 0.1) is 7.11 Å². The number of alkyl carbamates (subject to hydrolysis) is 1. The minimum atomic E-state index is -0.532. The fourth-order valence-electron chi connectivity index (χ4n) is 1.70. The molecule has 1 aromatic carbocycles. The topological polar surface area (TPSA) is 55.4 Å². The Morgan fingerprint density at radius 3 is 2.47 bits per heavy atom. The SMILES string of the molecule is C=C(C)C(=O)CC(Cc1ccccc1)NC(=O)OC. The molecule has 19 heavy (non-hydrogen) atoms. The van der Waals surface area contributed by atoms with E-state index in [9.17, 15) is 9.59 Å². The largest absolute Gasteiger partial charge is 0.453 e. The molecule has 4 nitrogen and oxygen atoms in total. The molecule has 4 heteroatoms. The number of ether oxygens (including phenoxy) is 1. The first kappa shape index (κ1) is 15.0. The number of rotatable bonds is 6. The number of hydrogen-bond acceptors (Lipinski definition) is 3. The van der Waals surface area contributed by atoms with Gasteiger partial charge in [-0.2, -0.15) is 0 Å². The molecule has 0 aliphatic carbocycles. The van der Waals surface area contributed by atoms with Gasteiger partial charge in [0, 0.05) is 12.5 Å². The molecule has 0 aromatic heterocycles. The minimum Gasteiger partial charge on any atom is -0.453 e. The standard InChI is InChI=1S/C15H19NO3/c1-11(2)14(17)10-13(16-15(18)19-3)9-12-7-5-4-6-8-12/h4-8,13H,1,9-10H2,2-3H3,(H,16,18). The smallest absolute Gasteiger partial charge is 0.407 e. The molecule has 1 unspecified atom stereocenters. The summed E-state index contributed by atoms with van der Waals surface area (Å²) in [5, 5.41) is 2.68. The van der Waals surface area contributed by atoms with Crippen molar-refractivity contribution in [3.05, 3.63) is 48.0 Å². The van der Waals surface area contributed by atoms with Crippen LogP contribution in [-0.2, 0) is 16.0 Å². The quantitative estimate of drug-likeness (QED) is 0.800. The summed E-state index contributed by atoms with van der Waals surface area (Å²) in [5.41, 5.74) is 1.54. The molecule has 0 radical (unpaired) electrons. The van der Waals surface area contributed by atoms with Gasteiger partial charge in [-0.1, -0.05) is 36.9 Å². The number of allylic oxidation sites excluding steroid dienone is 1. The second-order valence-electron chi connectivity index (χ2n) is 4.43. The van der Waals surface area contributed by atoms with Crippen LogP contribution in [0.3, 0.4) is 0 Å². The first-order valence-electron chi connectivity index (χ1n) is 6.10. The van der Waals surface area contributed by atoms with Crippen LogP contribution in [0, 0.1) is 0 Å². The van der Waals surface area contributed by atoms with Crippen LogP contribution >= 0.6 is 0 Å². The molecule has 0 bridgehead atoms. The van der Waals surface area contributed by atoms with Crippen molar-refractivity contribution >= 4 is 11.9 Å². The Hall–Kier alpha value is -2.10. The van der Waals surface area contributed by atoms with E-state index < -0.39 is 6.09 Å². The molecule has 1 rings (SSSR count). The second-order valence-corrected chi connectivity index (χ2v) is 4.43. The number of Topliss-reactive ketones (excluding diaryl/α,β-unsaturated/α-hetero) is 1. The van der Waals surface area contributed by atoms with Gasteiger partial charge in [0.1, 0.15) is 0 Å². The number of hydrogen-bond donors (Lipinski definition) is 1. The zero-order valence-corrected chi connectivity index (χ0v) is 11.3. The highest BCUT2D eigenvalue weighted by molar-refractivity contribution is 5.94. The number of benzene rings is 1. The van der Waals surface area contributed by atoms with Gasteiger partial charge in [-0.3, -0.25) is 4.79 Å². The van der Waals surface area contributed by atoms with E-state index in [1.54, 1.807) is 6.92 Å². The van der Waals surface area contributed by atoms with Gasteiger partial charge in [-0.05, 0) is 24.5 Å². The number of nitrogens with one attached hydrogen (secondary N) is 1. The van der Waals surface area contributed by atoms with Crippen molar-refractivity contribution in [1.29, 1.82) is 0 Å². The number of amides is 1. The van der Waals surface area contributed by atoms with Crippen LogP contribution < -0.4 is 5.32 Å². The Kier molecular flexibility index (Phi) is 5.79. The van der Waals surface area contributed by atoms with Gasteiger partial charge in [0.2, 0.25) is 0 Å². The maximum atomic E-state index is 11.7. The van der Waals surface area contributed by atoms with E-state index in [0.29, 0.717) is 12.0 Å². The fraction of sp³-hybridized carbons (Fsp3) is 0.333. The molecule has 0 aliphatic rings. The molecule has 0 saturated carbocycles. The second kappa shape index (κ2) is 7.36. The third-order valence-corrected chi connectivity index (χ3v) is 2.74. The summed E-state index contributed by atoms with van der Waals surface area (Å²) in [7, 11) is 1.30. The predicted octanol–water partition coefficient (Wildman–Crippen LogP) is 2.49. The highest BCUT2D eigenvalue weighted by Crippen LogP contribution is 2.09. The van der Waals surface area contributed by atoms with E-state index in [4.69, 9.17) is 0 Å². The van der Waals surface area contributed by atoms with Gasteiger partial charge in [0.15, 0.2) is 5.78 Å². The summed E-state index contributed by atoms with van der Waals surface area (Å²) in [6.07, 6.45) is 0.268. The lowest BCUT2D eigenvalue weighted by Crippen LogP contribution is -2.38. The number of carbonyl (C=O) groups is 2. The molecule has 0 heterocycles. The van der Waals surface area contributed by atoms with Crippen molar-refractivity contribution in [3.63, 3.8) is 0 Å². The van der Waals surface area contributed by atoms with E-state index in [2.05, 4.69) is 16.6 Å². The van der Waals surface area contributed by atoms with E-state index in [-0.39, 0.29) is 18.2 Å².